The van der Waals surface area contributed by atoms with Crippen LogP contribution in [0.25, 0.3) is 0 Å². The zero-order valence-corrected chi connectivity index (χ0v) is 18.8. The molecular weight excluding hydrogens is 429 g/mol. The van der Waals surface area contributed by atoms with Gasteiger partial charge in [0.2, 0.25) is 15.9 Å². The molecule has 0 spiro atoms. The molecule has 1 aliphatic heterocycles. The van der Waals surface area contributed by atoms with Crippen molar-refractivity contribution in [2.24, 2.45) is 0 Å². The van der Waals surface area contributed by atoms with Gasteiger partial charge in [-0.3, -0.25) is 10.1 Å². The standard InChI is InChI=1S/C20H30FN3O6S/c1-14(15-7-8-16(21)17(11-15)30-13-20(2,3)27)23-31(28,29)10-6-4-5-9-24-12-18(25)22-19(24)26/h7-8,11,14,23,27H,4-6,9-10,12-13H2,1-3H3,(H,22,25,26). The van der Waals surface area contributed by atoms with Crippen molar-refractivity contribution < 1.29 is 32.2 Å². The predicted octanol–water partition coefficient (Wildman–Crippen LogP) is 1.68. The third-order valence-corrected chi connectivity index (χ3v) is 6.14. The Kier molecular flexibility index (Phi) is 8.38. The van der Waals surface area contributed by atoms with Crippen LogP contribution in [0.15, 0.2) is 18.2 Å². The molecule has 0 radical (unpaired) electrons. The monoisotopic (exact) mass is 459 g/mol. The van der Waals surface area contributed by atoms with Crippen LogP contribution >= 0.6 is 0 Å². The molecule has 0 saturated carbocycles. The van der Waals surface area contributed by atoms with Gasteiger partial charge in [-0.2, -0.15) is 0 Å². The van der Waals surface area contributed by atoms with E-state index in [4.69, 9.17) is 4.74 Å². The van der Waals surface area contributed by atoms with Crippen molar-refractivity contribution in [1.29, 1.82) is 0 Å². The van der Waals surface area contributed by atoms with E-state index < -0.39 is 33.5 Å². The molecule has 0 aromatic heterocycles. The molecule has 2 rings (SSSR count). The number of imide groups is 1. The van der Waals surface area contributed by atoms with E-state index in [1.165, 1.54) is 36.9 Å². The van der Waals surface area contributed by atoms with Gasteiger partial charge in [-0.15, -0.1) is 0 Å². The van der Waals surface area contributed by atoms with E-state index in [9.17, 15) is 27.5 Å². The van der Waals surface area contributed by atoms with Crippen LogP contribution in [0, 0.1) is 5.82 Å². The lowest BCUT2D eigenvalue weighted by Crippen LogP contribution is -2.30. The number of nitrogens with one attached hydrogen (secondary N) is 2. The summed E-state index contributed by atoms with van der Waals surface area (Å²) in [5.41, 5.74) is -0.607. The maximum absolute atomic E-state index is 14.0. The molecule has 31 heavy (non-hydrogen) atoms. The summed E-state index contributed by atoms with van der Waals surface area (Å²) in [6, 6.07) is 3.06. The number of rotatable bonds is 12. The number of hydrogen-bond acceptors (Lipinski definition) is 6. The number of carbonyl (C=O) groups is 2. The molecule has 1 heterocycles. The summed E-state index contributed by atoms with van der Waals surface area (Å²) in [6.07, 6.45) is 1.57. The van der Waals surface area contributed by atoms with Gasteiger partial charge in [-0.25, -0.2) is 22.3 Å². The molecule has 9 nitrogen and oxygen atoms in total. The first-order valence-corrected chi connectivity index (χ1v) is 11.7. The molecule has 3 amide bonds. The van der Waals surface area contributed by atoms with Gasteiger partial charge in [0.25, 0.3) is 0 Å². The van der Waals surface area contributed by atoms with Crippen LogP contribution in [0.3, 0.4) is 0 Å². The maximum atomic E-state index is 14.0. The summed E-state index contributed by atoms with van der Waals surface area (Å²) in [7, 11) is -3.58. The summed E-state index contributed by atoms with van der Waals surface area (Å²) < 4.78 is 46.6. The van der Waals surface area contributed by atoms with Gasteiger partial charge in [0, 0.05) is 12.6 Å². The van der Waals surface area contributed by atoms with Gasteiger partial charge in [0.05, 0.1) is 11.4 Å². The number of unbranched alkanes of at least 4 members (excludes halogenated alkanes) is 2. The van der Waals surface area contributed by atoms with Crippen molar-refractivity contribution in [1.82, 2.24) is 14.9 Å². The van der Waals surface area contributed by atoms with E-state index in [0.29, 0.717) is 31.4 Å². The molecule has 1 aromatic carbocycles. The number of amides is 3. The summed E-state index contributed by atoms with van der Waals surface area (Å²) in [5, 5.41) is 11.9. The van der Waals surface area contributed by atoms with Gasteiger partial charge in [0.1, 0.15) is 13.2 Å². The van der Waals surface area contributed by atoms with Crippen LogP contribution in [-0.2, 0) is 14.8 Å². The SMILES string of the molecule is CC(NS(=O)(=O)CCCCCN1CC(=O)NC1=O)c1ccc(F)c(OCC(C)(C)O)c1. The average Bonchev–Trinajstić information content (AvgIpc) is 2.96. The lowest BCUT2D eigenvalue weighted by molar-refractivity contribution is -0.118. The molecule has 1 saturated heterocycles. The lowest BCUT2D eigenvalue weighted by atomic mass is 10.1. The summed E-state index contributed by atoms with van der Waals surface area (Å²) in [6.45, 7) is 5.03. The Bertz CT molecular complexity index is 901. The van der Waals surface area contributed by atoms with Crippen LogP contribution in [0.2, 0.25) is 0 Å². The summed E-state index contributed by atoms with van der Waals surface area (Å²) in [5.74, 6) is -1.09. The normalized spacial score (nSPS) is 15.8. The Morgan fingerprint density at radius 2 is 2.00 bits per heavy atom. The molecule has 1 unspecified atom stereocenters. The number of halogens is 1. The van der Waals surface area contributed by atoms with Crippen molar-refractivity contribution in [3.8, 4) is 5.75 Å². The van der Waals surface area contributed by atoms with Crippen molar-refractivity contribution in [3.05, 3.63) is 29.6 Å². The fraction of sp³-hybridized carbons (Fsp3) is 0.600. The number of hydrogen-bond donors (Lipinski definition) is 3. The molecule has 11 heteroatoms. The lowest BCUT2D eigenvalue weighted by Gasteiger charge is -2.20. The van der Waals surface area contributed by atoms with E-state index in [2.05, 4.69) is 10.0 Å². The second-order valence-electron chi connectivity index (χ2n) is 8.28. The van der Waals surface area contributed by atoms with Crippen molar-refractivity contribution >= 4 is 22.0 Å². The van der Waals surface area contributed by atoms with Gasteiger partial charge in [0.15, 0.2) is 11.6 Å². The second kappa shape index (κ2) is 10.4. The Balaban J connectivity index is 1.81. The third-order valence-electron chi connectivity index (χ3n) is 4.60. The van der Waals surface area contributed by atoms with Crippen LogP contribution in [0.1, 0.15) is 51.6 Å². The van der Waals surface area contributed by atoms with E-state index in [0.717, 1.165) is 0 Å². The summed E-state index contributed by atoms with van der Waals surface area (Å²) >= 11 is 0. The van der Waals surface area contributed by atoms with Crippen LogP contribution in [-0.4, -0.2) is 61.4 Å². The number of benzene rings is 1. The molecule has 0 bridgehead atoms. The number of sulfonamides is 1. The van der Waals surface area contributed by atoms with Crippen molar-refractivity contribution in [2.45, 2.75) is 51.7 Å². The number of ether oxygens (including phenoxy) is 1. The third kappa shape index (κ3) is 8.42. The Morgan fingerprint density at radius 3 is 2.61 bits per heavy atom. The smallest absolute Gasteiger partial charge is 0.324 e. The van der Waals surface area contributed by atoms with E-state index in [1.807, 2.05) is 0 Å². The number of urea groups is 1. The fourth-order valence-corrected chi connectivity index (χ4v) is 4.36. The molecule has 1 atom stereocenters. The van der Waals surface area contributed by atoms with Gasteiger partial charge >= 0.3 is 6.03 Å². The Morgan fingerprint density at radius 1 is 1.29 bits per heavy atom. The minimum atomic E-state index is -3.58. The van der Waals surface area contributed by atoms with E-state index >= 15 is 0 Å². The number of nitrogens with zero attached hydrogens (tertiary/aromatic N) is 1. The molecule has 174 valence electrons. The predicted molar refractivity (Wildman–Crippen MR) is 112 cm³/mol. The molecule has 3 N–H and O–H groups in total. The van der Waals surface area contributed by atoms with Crippen LogP contribution in [0.5, 0.6) is 5.75 Å². The first-order valence-electron chi connectivity index (χ1n) is 10.1. The number of aliphatic hydroxyl groups is 1. The van der Waals surface area contributed by atoms with Gasteiger partial charge < -0.3 is 14.7 Å². The minimum absolute atomic E-state index is 0.0371. The van der Waals surface area contributed by atoms with Gasteiger partial charge in [-0.1, -0.05) is 12.5 Å². The average molecular weight is 460 g/mol. The molecule has 0 aliphatic carbocycles. The topological polar surface area (TPSA) is 125 Å². The zero-order valence-electron chi connectivity index (χ0n) is 18.0. The van der Waals surface area contributed by atoms with Crippen LogP contribution < -0.4 is 14.8 Å². The summed E-state index contributed by atoms with van der Waals surface area (Å²) in [4.78, 5) is 24.0. The Labute approximate surface area is 182 Å². The quantitative estimate of drug-likeness (QED) is 0.323. The highest BCUT2D eigenvalue weighted by Crippen LogP contribution is 2.24. The van der Waals surface area contributed by atoms with Gasteiger partial charge in [-0.05, 0) is 51.3 Å². The molecule has 1 fully saturated rings. The van der Waals surface area contributed by atoms with E-state index in [-0.39, 0.29) is 30.6 Å². The highest BCUT2D eigenvalue weighted by Gasteiger charge is 2.25. The Hall–Kier alpha value is -2.24. The highest BCUT2D eigenvalue weighted by atomic mass is 32.2. The fourth-order valence-electron chi connectivity index (χ4n) is 2.99. The molecular formula is C20H30FN3O6S. The molecule has 1 aliphatic rings. The van der Waals surface area contributed by atoms with E-state index in [1.54, 1.807) is 6.92 Å². The molecule has 1 aromatic rings. The maximum Gasteiger partial charge on any atom is 0.324 e. The first-order chi connectivity index (χ1) is 14.4. The van der Waals surface area contributed by atoms with Crippen molar-refractivity contribution in [2.75, 3.05) is 25.4 Å². The zero-order chi connectivity index (χ0) is 23.2. The van der Waals surface area contributed by atoms with Crippen molar-refractivity contribution in [3.63, 3.8) is 0 Å². The largest absolute Gasteiger partial charge is 0.488 e. The first kappa shape index (κ1) is 25.0. The van der Waals surface area contributed by atoms with Crippen LogP contribution in [0.4, 0.5) is 9.18 Å². The number of carbonyl (C=O) groups excluding carboxylic acids is 2. The second-order valence-corrected chi connectivity index (χ2v) is 10.2. The minimum Gasteiger partial charge on any atom is -0.488 e. The highest BCUT2D eigenvalue weighted by molar-refractivity contribution is 7.89.